The van der Waals surface area contributed by atoms with Gasteiger partial charge in [-0.1, -0.05) is 23.9 Å². The van der Waals surface area contributed by atoms with Crippen molar-refractivity contribution in [2.75, 3.05) is 11.1 Å². The molecule has 1 amide bonds. The van der Waals surface area contributed by atoms with E-state index in [-0.39, 0.29) is 11.2 Å². The van der Waals surface area contributed by atoms with Gasteiger partial charge in [0.05, 0.1) is 10.6 Å². The molecule has 25 heavy (non-hydrogen) atoms. The fourth-order valence-electron chi connectivity index (χ4n) is 2.49. The number of aryl methyl sites for hydroxylation is 3. The first-order chi connectivity index (χ1) is 11.8. The Bertz CT molecular complexity index is 952. The molecule has 0 saturated heterocycles. The van der Waals surface area contributed by atoms with Gasteiger partial charge in [0.15, 0.2) is 5.16 Å². The van der Waals surface area contributed by atoms with Crippen LogP contribution in [0.3, 0.4) is 0 Å². The van der Waals surface area contributed by atoms with Gasteiger partial charge in [-0.2, -0.15) is 0 Å². The number of anilines is 2. The molecule has 7 heteroatoms. The zero-order valence-corrected chi connectivity index (χ0v) is 16.2. The summed E-state index contributed by atoms with van der Waals surface area (Å²) in [5, 5.41) is 4.04. The highest BCUT2D eigenvalue weighted by molar-refractivity contribution is 8.00. The number of fused-ring (bicyclic) bond motifs is 1. The molecular formula is C18H20N4OS2. The minimum Gasteiger partial charge on any atom is -0.383 e. The molecule has 0 bridgehead atoms. The van der Waals surface area contributed by atoms with Crippen molar-refractivity contribution in [2.45, 2.75) is 38.1 Å². The SMILES string of the molecule is Cc1cccc(NC(=O)C(C)Sc2nc(N)c3c(C)c(C)sc3n2)c1. The second kappa shape index (κ2) is 7.01. The van der Waals surface area contributed by atoms with Crippen LogP contribution in [0.1, 0.15) is 22.9 Å². The number of thioether (sulfide) groups is 1. The summed E-state index contributed by atoms with van der Waals surface area (Å²) >= 11 is 2.91. The maximum absolute atomic E-state index is 12.4. The Morgan fingerprint density at radius 2 is 2.04 bits per heavy atom. The second-order valence-electron chi connectivity index (χ2n) is 5.97. The number of nitrogen functional groups attached to an aromatic ring is 1. The number of nitrogens with zero attached hydrogens (tertiary/aromatic N) is 2. The highest BCUT2D eigenvalue weighted by atomic mass is 32.2. The Balaban J connectivity index is 1.77. The highest BCUT2D eigenvalue weighted by Gasteiger charge is 2.19. The number of thiophene rings is 1. The average Bonchev–Trinajstić information content (AvgIpc) is 2.82. The lowest BCUT2D eigenvalue weighted by Crippen LogP contribution is -2.22. The topological polar surface area (TPSA) is 80.9 Å². The Kier molecular flexibility index (Phi) is 4.96. The smallest absolute Gasteiger partial charge is 0.237 e. The minimum absolute atomic E-state index is 0.0867. The van der Waals surface area contributed by atoms with Gasteiger partial charge in [-0.05, 0) is 51.0 Å². The first-order valence-corrected chi connectivity index (χ1v) is 9.62. The predicted molar refractivity (Wildman–Crippen MR) is 106 cm³/mol. The summed E-state index contributed by atoms with van der Waals surface area (Å²) in [5.41, 5.74) is 9.12. The standard InChI is InChI=1S/C18H20N4OS2/c1-9-6-5-7-13(8-9)20-16(23)12(4)25-18-21-15(19)14-10(2)11(3)24-17(14)22-18/h5-8,12H,1-4H3,(H,20,23)(H2,19,21,22). The number of hydrogen-bond donors (Lipinski definition) is 2. The maximum Gasteiger partial charge on any atom is 0.237 e. The van der Waals surface area contributed by atoms with Gasteiger partial charge in [-0.15, -0.1) is 11.3 Å². The first kappa shape index (κ1) is 17.7. The molecule has 130 valence electrons. The molecule has 5 nitrogen and oxygen atoms in total. The molecule has 2 heterocycles. The van der Waals surface area contributed by atoms with Crippen LogP contribution >= 0.6 is 23.1 Å². The lowest BCUT2D eigenvalue weighted by Gasteiger charge is -2.12. The van der Waals surface area contributed by atoms with Crippen molar-refractivity contribution >= 4 is 50.7 Å². The largest absolute Gasteiger partial charge is 0.383 e. The van der Waals surface area contributed by atoms with Gasteiger partial charge in [0.2, 0.25) is 5.91 Å². The van der Waals surface area contributed by atoms with E-state index in [9.17, 15) is 4.79 Å². The monoisotopic (exact) mass is 372 g/mol. The van der Waals surface area contributed by atoms with Crippen molar-refractivity contribution in [2.24, 2.45) is 0 Å². The van der Waals surface area contributed by atoms with E-state index in [0.717, 1.165) is 27.0 Å². The molecule has 1 unspecified atom stereocenters. The summed E-state index contributed by atoms with van der Waals surface area (Å²) < 4.78 is 0. The number of hydrogen-bond acceptors (Lipinski definition) is 6. The van der Waals surface area contributed by atoms with Crippen molar-refractivity contribution in [3.05, 3.63) is 40.3 Å². The third-order valence-corrected chi connectivity index (χ3v) is 6.04. The Labute approximate surface area is 155 Å². The third kappa shape index (κ3) is 3.77. The quantitative estimate of drug-likeness (QED) is 0.527. The molecule has 3 aromatic rings. The van der Waals surface area contributed by atoms with Crippen molar-refractivity contribution in [3.63, 3.8) is 0 Å². The molecule has 3 N–H and O–H groups in total. The van der Waals surface area contributed by atoms with Gasteiger partial charge < -0.3 is 11.1 Å². The Morgan fingerprint density at radius 3 is 2.76 bits per heavy atom. The van der Waals surface area contributed by atoms with E-state index in [4.69, 9.17) is 5.73 Å². The molecule has 1 atom stereocenters. The number of amides is 1. The molecule has 0 spiro atoms. The molecular weight excluding hydrogens is 352 g/mol. The Morgan fingerprint density at radius 1 is 1.28 bits per heavy atom. The summed E-state index contributed by atoms with van der Waals surface area (Å²) in [5.74, 6) is 0.386. The molecule has 0 fully saturated rings. The van der Waals surface area contributed by atoms with Crippen LogP contribution in [0, 0.1) is 20.8 Å². The molecule has 0 aliphatic rings. The van der Waals surface area contributed by atoms with Gasteiger partial charge in [0.1, 0.15) is 10.6 Å². The number of rotatable bonds is 4. The van der Waals surface area contributed by atoms with Gasteiger partial charge in [-0.25, -0.2) is 9.97 Å². The van der Waals surface area contributed by atoms with Crippen LogP contribution in [0.15, 0.2) is 29.4 Å². The summed E-state index contributed by atoms with van der Waals surface area (Å²) in [6.45, 7) is 7.90. The van der Waals surface area contributed by atoms with Crippen LogP contribution in [-0.2, 0) is 4.79 Å². The van der Waals surface area contributed by atoms with E-state index in [0.29, 0.717) is 11.0 Å². The summed E-state index contributed by atoms with van der Waals surface area (Å²) in [6.07, 6.45) is 0. The zero-order valence-electron chi connectivity index (χ0n) is 14.6. The van der Waals surface area contributed by atoms with Crippen molar-refractivity contribution in [1.82, 2.24) is 9.97 Å². The maximum atomic E-state index is 12.4. The van der Waals surface area contributed by atoms with Crippen LogP contribution in [0.5, 0.6) is 0 Å². The Hall–Kier alpha value is -2.12. The lowest BCUT2D eigenvalue weighted by molar-refractivity contribution is -0.115. The number of aromatic nitrogens is 2. The fourth-order valence-corrected chi connectivity index (χ4v) is 4.36. The van der Waals surface area contributed by atoms with Crippen molar-refractivity contribution in [1.29, 1.82) is 0 Å². The molecule has 0 aliphatic heterocycles. The van der Waals surface area contributed by atoms with Gasteiger partial charge >= 0.3 is 0 Å². The van der Waals surface area contributed by atoms with Crippen molar-refractivity contribution < 1.29 is 4.79 Å². The third-order valence-electron chi connectivity index (χ3n) is 3.97. The van der Waals surface area contributed by atoms with Crippen molar-refractivity contribution in [3.8, 4) is 0 Å². The highest BCUT2D eigenvalue weighted by Crippen LogP contribution is 2.34. The lowest BCUT2D eigenvalue weighted by atomic mass is 10.2. The number of nitrogens with one attached hydrogen (secondary N) is 1. The second-order valence-corrected chi connectivity index (χ2v) is 8.48. The van der Waals surface area contributed by atoms with Crippen LogP contribution in [0.2, 0.25) is 0 Å². The number of nitrogens with two attached hydrogens (primary N) is 1. The minimum atomic E-state index is -0.334. The van der Waals surface area contributed by atoms with Crippen LogP contribution in [-0.4, -0.2) is 21.1 Å². The molecule has 1 aromatic carbocycles. The fraction of sp³-hybridized carbons (Fsp3) is 0.278. The number of carbonyl (C=O) groups is 1. The van der Waals surface area contributed by atoms with E-state index in [1.807, 2.05) is 52.0 Å². The average molecular weight is 373 g/mol. The summed E-state index contributed by atoms with van der Waals surface area (Å²) in [7, 11) is 0. The molecule has 0 aliphatic carbocycles. The van der Waals surface area contributed by atoms with Crippen LogP contribution < -0.4 is 11.1 Å². The predicted octanol–water partition coefficient (Wildman–Crippen LogP) is 4.32. The van der Waals surface area contributed by atoms with Crippen LogP contribution in [0.25, 0.3) is 10.2 Å². The molecule has 0 radical (unpaired) electrons. The van der Waals surface area contributed by atoms with Gasteiger partial charge in [0.25, 0.3) is 0 Å². The van der Waals surface area contributed by atoms with E-state index < -0.39 is 0 Å². The summed E-state index contributed by atoms with van der Waals surface area (Å²) in [4.78, 5) is 23.4. The number of carbonyl (C=O) groups excluding carboxylic acids is 1. The van der Waals surface area contributed by atoms with Gasteiger partial charge in [-0.3, -0.25) is 4.79 Å². The molecule has 0 saturated carbocycles. The van der Waals surface area contributed by atoms with Gasteiger partial charge in [0, 0.05) is 10.6 Å². The van der Waals surface area contributed by atoms with E-state index in [1.165, 1.54) is 16.6 Å². The zero-order chi connectivity index (χ0) is 18.1. The molecule has 2 aromatic heterocycles. The van der Waals surface area contributed by atoms with E-state index >= 15 is 0 Å². The van der Waals surface area contributed by atoms with E-state index in [1.54, 1.807) is 11.3 Å². The molecule has 3 rings (SSSR count). The normalized spacial score (nSPS) is 12.3. The van der Waals surface area contributed by atoms with E-state index in [2.05, 4.69) is 15.3 Å². The summed E-state index contributed by atoms with van der Waals surface area (Å²) in [6, 6.07) is 7.72. The van der Waals surface area contributed by atoms with Crippen LogP contribution in [0.4, 0.5) is 11.5 Å². The first-order valence-electron chi connectivity index (χ1n) is 7.92. The number of benzene rings is 1.